The largest absolute Gasteiger partial charge is 0.380 e. The van der Waals surface area contributed by atoms with Crippen LogP contribution in [0, 0.1) is 0 Å². The van der Waals surface area contributed by atoms with Crippen LogP contribution >= 0.6 is 0 Å². The summed E-state index contributed by atoms with van der Waals surface area (Å²) in [4.78, 5) is 14.0. The van der Waals surface area contributed by atoms with E-state index in [-0.39, 0.29) is 12.1 Å². The molecule has 2 aromatic rings. The standard InChI is InChI=1S/C18H20N2O2/c1-22-13-15-7-9-16(10-8-15)18-19-17(21)12-20(18)11-14-5-3-2-4-6-14/h2-10,18H,11-13H2,1H3,(H,19,21). The van der Waals surface area contributed by atoms with Gasteiger partial charge in [-0.1, -0.05) is 54.6 Å². The van der Waals surface area contributed by atoms with Crippen LogP contribution in [-0.2, 0) is 22.7 Å². The number of nitrogens with zero attached hydrogens (tertiary/aromatic N) is 1. The Bertz CT molecular complexity index is 625. The molecule has 2 aromatic carbocycles. The molecule has 4 nitrogen and oxygen atoms in total. The molecule has 114 valence electrons. The Morgan fingerprint density at radius 3 is 2.50 bits per heavy atom. The predicted molar refractivity (Wildman–Crippen MR) is 84.9 cm³/mol. The molecule has 0 aromatic heterocycles. The minimum atomic E-state index is -0.0655. The zero-order valence-electron chi connectivity index (χ0n) is 12.7. The molecule has 0 aliphatic carbocycles. The summed E-state index contributed by atoms with van der Waals surface area (Å²) in [5.41, 5.74) is 3.44. The molecular formula is C18H20N2O2. The lowest BCUT2D eigenvalue weighted by atomic mass is 10.1. The first-order valence-corrected chi connectivity index (χ1v) is 7.41. The first-order valence-electron chi connectivity index (χ1n) is 7.41. The minimum absolute atomic E-state index is 0.0655. The molecule has 4 heteroatoms. The fraction of sp³-hybridized carbons (Fsp3) is 0.278. The molecule has 1 amide bonds. The summed E-state index contributed by atoms with van der Waals surface area (Å²) in [6.45, 7) is 1.79. The van der Waals surface area contributed by atoms with Crippen LogP contribution < -0.4 is 5.32 Å². The molecular weight excluding hydrogens is 276 g/mol. The fourth-order valence-electron chi connectivity index (χ4n) is 2.79. The lowest BCUT2D eigenvalue weighted by Crippen LogP contribution is -2.27. The second-order valence-electron chi connectivity index (χ2n) is 5.54. The van der Waals surface area contributed by atoms with Gasteiger partial charge in [0.25, 0.3) is 0 Å². The van der Waals surface area contributed by atoms with Crippen molar-refractivity contribution in [2.45, 2.75) is 19.3 Å². The van der Waals surface area contributed by atoms with Gasteiger partial charge in [0, 0.05) is 13.7 Å². The smallest absolute Gasteiger partial charge is 0.235 e. The van der Waals surface area contributed by atoms with Gasteiger partial charge in [-0.2, -0.15) is 0 Å². The Morgan fingerprint density at radius 2 is 1.82 bits per heavy atom. The van der Waals surface area contributed by atoms with E-state index >= 15 is 0 Å². The first-order chi connectivity index (χ1) is 10.8. The van der Waals surface area contributed by atoms with Crippen LogP contribution in [0.2, 0.25) is 0 Å². The van der Waals surface area contributed by atoms with E-state index in [9.17, 15) is 4.79 Å². The zero-order chi connectivity index (χ0) is 15.4. The van der Waals surface area contributed by atoms with Crippen LogP contribution in [0.1, 0.15) is 22.9 Å². The Kier molecular flexibility index (Phi) is 4.51. The van der Waals surface area contributed by atoms with Gasteiger partial charge in [-0.25, -0.2) is 0 Å². The quantitative estimate of drug-likeness (QED) is 0.921. The van der Waals surface area contributed by atoms with Crippen molar-refractivity contribution in [1.29, 1.82) is 0 Å². The van der Waals surface area contributed by atoms with Crippen molar-refractivity contribution in [3.63, 3.8) is 0 Å². The molecule has 1 unspecified atom stereocenters. The van der Waals surface area contributed by atoms with Crippen LogP contribution in [0.3, 0.4) is 0 Å². The Labute approximate surface area is 130 Å². The van der Waals surface area contributed by atoms with Crippen LogP contribution in [0.4, 0.5) is 0 Å². The summed E-state index contributed by atoms with van der Waals surface area (Å²) in [6.07, 6.45) is -0.0655. The van der Waals surface area contributed by atoms with Crippen molar-refractivity contribution >= 4 is 5.91 Å². The van der Waals surface area contributed by atoms with Crippen molar-refractivity contribution in [3.05, 3.63) is 71.3 Å². The number of ether oxygens (including phenoxy) is 1. The maximum absolute atomic E-state index is 11.8. The molecule has 1 aliphatic heterocycles. The van der Waals surface area contributed by atoms with Crippen molar-refractivity contribution in [2.75, 3.05) is 13.7 Å². The van der Waals surface area contributed by atoms with Crippen molar-refractivity contribution < 1.29 is 9.53 Å². The van der Waals surface area contributed by atoms with Gasteiger partial charge in [-0.3, -0.25) is 9.69 Å². The number of hydrogen-bond acceptors (Lipinski definition) is 3. The van der Waals surface area contributed by atoms with Gasteiger partial charge in [0.05, 0.1) is 13.2 Å². The van der Waals surface area contributed by atoms with E-state index in [0.29, 0.717) is 13.2 Å². The van der Waals surface area contributed by atoms with Gasteiger partial charge in [-0.15, -0.1) is 0 Å². The van der Waals surface area contributed by atoms with Crippen LogP contribution in [0.5, 0.6) is 0 Å². The third-order valence-electron chi connectivity index (χ3n) is 3.84. The molecule has 1 aliphatic rings. The highest BCUT2D eigenvalue weighted by Crippen LogP contribution is 2.24. The molecule has 1 atom stereocenters. The van der Waals surface area contributed by atoms with Gasteiger partial charge >= 0.3 is 0 Å². The van der Waals surface area contributed by atoms with Crippen LogP contribution in [0.25, 0.3) is 0 Å². The summed E-state index contributed by atoms with van der Waals surface area (Å²) >= 11 is 0. The molecule has 0 bridgehead atoms. The predicted octanol–water partition coefficient (Wildman–Crippen LogP) is 2.46. The highest BCUT2D eigenvalue weighted by Gasteiger charge is 2.30. The molecule has 22 heavy (non-hydrogen) atoms. The lowest BCUT2D eigenvalue weighted by Gasteiger charge is -2.23. The van der Waals surface area contributed by atoms with E-state index in [2.05, 4.69) is 34.5 Å². The fourth-order valence-corrected chi connectivity index (χ4v) is 2.79. The second-order valence-corrected chi connectivity index (χ2v) is 5.54. The maximum Gasteiger partial charge on any atom is 0.235 e. The summed E-state index contributed by atoms with van der Waals surface area (Å²) in [5.74, 6) is 0.0712. The van der Waals surface area contributed by atoms with Crippen molar-refractivity contribution in [3.8, 4) is 0 Å². The average Bonchev–Trinajstić information content (AvgIpc) is 2.90. The lowest BCUT2D eigenvalue weighted by molar-refractivity contribution is -0.118. The summed E-state index contributed by atoms with van der Waals surface area (Å²) in [6, 6.07) is 18.4. The molecule has 3 rings (SSSR count). The topological polar surface area (TPSA) is 41.6 Å². The van der Waals surface area contributed by atoms with E-state index in [0.717, 1.165) is 17.7 Å². The summed E-state index contributed by atoms with van der Waals surface area (Å²) < 4.78 is 5.13. The monoisotopic (exact) mass is 296 g/mol. The van der Waals surface area contributed by atoms with E-state index < -0.39 is 0 Å². The number of benzene rings is 2. The number of carbonyl (C=O) groups excluding carboxylic acids is 1. The number of nitrogens with one attached hydrogen (secondary N) is 1. The van der Waals surface area contributed by atoms with E-state index in [4.69, 9.17) is 4.74 Å². The average molecular weight is 296 g/mol. The highest BCUT2D eigenvalue weighted by atomic mass is 16.5. The Morgan fingerprint density at radius 1 is 1.09 bits per heavy atom. The molecule has 1 fully saturated rings. The second kappa shape index (κ2) is 6.73. The summed E-state index contributed by atoms with van der Waals surface area (Å²) in [7, 11) is 1.69. The van der Waals surface area contributed by atoms with Crippen LogP contribution in [-0.4, -0.2) is 24.5 Å². The molecule has 1 heterocycles. The van der Waals surface area contributed by atoms with Gasteiger partial charge < -0.3 is 10.1 Å². The van der Waals surface area contributed by atoms with Gasteiger partial charge in [0.2, 0.25) is 5.91 Å². The normalized spacial score (nSPS) is 18.4. The SMILES string of the molecule is COCc1ccc(C2NC(=O)CN2Cc2ccccc2)cc1. The number of rotatable bonds is 5. The van der Waals surface area contributed by atoms with Crippen molar-refractivity contribution in [2.24, 2.45) is 0 Å². The minimum Gasteiger partial charge on any atom is -0.380 e. The Hall–Kier alpha value is -2.17. The zero-order valence-corrected chi connectivity index (χ0v) is 12.7. The van der Waals surface area contributed by atoms with Gasteiger partial charge in [0.1, 0.15) is 6.17 Å². The third-order valence-corrected chi connectivity index (χ3v) is 3.84. The summed E-state index contributed by atoms with van der Waals surface area (Å²) in [5, 5.41) is 3.05. The molecule has 1 N–H and O–H groups in total. The van der Waals surface area contributed by atoms with E-state index in [1.807, 2.05) is 30.3 Å². The van der Waals surface area contributed by atoms with Crippen LogP contribution in [0.15, 0.2) is 54.6 Å². The van der Waals surface area contributed by atoms with Gasteiger partial charge in [0.15, 0.2) is 0 Å². The first kappa shape index (κ1) is 14.8. The molecule has 0 saturated carbocycles. The number of hydrogen-bond donors (Lipinski definition) is 1. The Balaban J connectivity index is 1.76. The van der Waals surface area contributed by atoms with Crippen molar-refractivity contribution in [1.82, 2.24) is 10.2 Å². The maximum atomic E-state index is 11.8. The molecule has 0 spiro atoms. The number of amides is 1. The molecule has 1 saturated heterocycles. The molecule has 0 radical (unpaired) electrons. The number of carbonyl (C=O) groups is 1. The van der Waals surface area contributed by atoms with E-state index in [1.165, 1.54) is 5.56 Å². The number of methoxy groups -OCH3 is 1. The highest BCUT2D eigenvalue weighted by molar-refractivity contribution is 5.80. The van der Waals surface area contributed by atoms with Gasteiger partial charge in [-0.05, 0) is 16.7 Å². The van der Waals surface area contributed by atoms with E-state index in [1.54, 1.807) is 7.11 Å². The third kappa shape index (κ3) is 3.35.